The summed E-state index contributed by atoms with van der Waals surface area (Å²) in [7, 11) is 0. The van der Waals surface area contributed by atoms with Crippen molar-refractivity contribution in [1.29, 1.82) is 0 Å². The fraction of sp³-hybridized carbons (Fsp3) is 0.412. The zero-order valence-corrected chi connectivity index (χ0v) is 13.4. The Labute approximate surface area is 136 Å². The van der Waals surface area contributed by atoms with Crippen LogP contribution >= 0.6 is 0 Å². The fourth-order valence-corrected chi connectivity index (χ4v) is 2.89. The third-order valence-electron chi connectivity index (χ3n) is 4.07. The van der Waals surface area contributed by atoms with Crippen LogP contribution in [-0.2, 0) is 13.1 Å². The molecule has 122 valence electrons. The molecule has 1 fully saturated rings. The number of urea groups is 1. The van der Waals surface area contributed by atoms with E-state index in [1.807, 2.05) is 19.2 Å². The van der Waals surface area contributed by atoms with Crippen molar-refractivity contribution >= 4 is 11.7 Å². The number of aromatic nitrogens is 2. The Kier molecular flexibility index (Phi) is 4.92. The molecule has 0 radical (unpaired) electrons. The molecule has 1 unspecified atom stereocenters. The highest BCUT2D eigenvalue weighted by Gasteiger charge is 2.23. The van der Waals surface area contributed by atoms with Crippen LogP contribution in [0, 0.1) is 0 Å². The van der Waals surface area contributed by atoms with Crippen LogP contribution in [0.2, 0.25) is 0 Å². The maximum atomic E-state index is 12.1. The Balaban J connectivity index is 1.45. The molecule has 3 rings (SSSR count). The molecule has 2 N–H and O–H groups in total. The summed E-state index contributed by atoms with van der Waals surface area (Å²) in [6.07, 6.45) is 4.48. The molecule has 0 saturated carbocycles. The number of benzene rings is 1. The van der Waals surface area contributed by atoms with Gasteiger partial charge in [0, 0.05) is 38.4 Å². The van der Waals surface area contributed by atoms with Crippen LogP contribution in [0.1, 0.15) is 18.9 Å². The Hall–Kier alpha value is -2.34. The van der Waals surface area contributed by atoms with Crippen LogP contribution in [0.15, 0.2) is 42.7 Å². The van der Waals surface area contributed by atoms with Crippen LogP contribution in [0.3, 0.4) is 0 Å². The number of anilines is 1. The number of carbonyl (C=O) groups excluding carboxylic acids is 1. The van der Waals surface area contributed by atoms with Gasteiger partial charge in [-0.1, -0.05) is 30.3 Å². The largest absolute Gasteiger partial charge is 0.334 e. The van der Waals surface area contributed by atoms with Gasteiger partial charge < -0.3 is 10.6 Å². The van der Waals surface area contributed by atoms with Crippen LogP contribution in [-0.4, -0.2) is 39.8 Å². The van der Waals surface area contributed by atoms with Crippen molar-refractivity contribution in [3.05, 3.63) is 48.3 Å². The van der Waals surface area contributed by atoms with Gasteiger partial charge in [-0.2, -0.15) is 5.10 Å². The molecule has 1 aromatic heterocycles. The van der Waals surface area contributed by atoms with Crippen molar-refractivity contribution in [2.45, 2.75) is 32.5 Å². The molecule has 1 atom stereocenters. The van der Waals surface area contributed by atoms with Gasteiger partial charge in [-0.05, 0) is 18.9 Å². The first kappa shape index (κ1) is 15.6. The van der Waals surface area contributed by atoms with E-state index in [4.69, 9.17) is 0 Å². The number of hydrogen-bond acceptors (Lipinski definition) is 3. The summed E-state index contributed by atoms with van der Waals surface area (Å²) >= 11 is 0. The average molecular weight is 313 g/mol. The number of nitrogens with zero attached hydrogens (tertiary/aromatic N) is 3. The van der Waals surface area contributed by atoms with E-state index < -0.39 is 0 Å². The minimum Gasteiger partial charge on any atom is -0.334 e. The molecule has 2 heterocycles. The summed E-state index contributed by atoms with van der Waals surface area (Å²) in [6.45, 7) is 5.63. The highest BCUT2D eigenvalue weighted by molar-refractivity contribution is 5.89. The normalized spacial score (nSPS) is 18.0. The van der Waals surface area contributed by atoms with Crippen molar-refractivity contribution in [3.8, 4) is 0 Å². The Morgan fingerprint density at radius 1 is 1.35 bits per heavy atom. The first-order valence-corrected chi connectivity index (χ1v) is 8.09. The minimum atomic E-state index is -0.160. The lowest BCUT2D eigenvalue weighted by atomic mass is 10.2. The topological polar surface area (TPSA) is 62.2 Å². The molecule has 6 nitrogen and oxygen atoms in total. The fourth-order valence-electron chi connectivity index (χ4n) is 2.89. The lowest BCUT2D eigenvalue weighted by Gasteiger charge is -2.16. The van der Waals surface area contributed by atoms with Crippen LogP contribution in [0.5, 0.6) is 0 Å². The van der Waals surface area contributed by atoms with E-state index in [-0.39, 0.29) is 12.1 Å². The van der Waals surface area contributed by atoms with Gasteiger partial charge in [-0.3, -0.25) is 9.58 Å². The molecule has 6 heteroatoms. The van der Waals surface area contributed by atoms with E-state index in [1.165, 1.54) is 5.56 Å². The maximum absolute atomic E-state index is 12.1. The molecular weight excluding hydrogens is 290 g/mol. The minimum absolute atomic E-state index is 0.160. The van der Waals surface area contributed by atoms with E-state index in [9.17, 15) is 4.79 Å². The third kappa shape index (κ3) is 4.32. The van der Waals surface area contributed by atoms with Gasteiger partial charge in [0.1, 0.15) is 0 Å². The van der Waals surface area contributed by atoms with E-state index in [2.05, 4.69) is 44.9 Å². The molecule has 0 bridgehead atoms. The predicted octanol–water partition coefficient (Wildman–Crippen LogP) is 2.30. The molecule has 0 aliphatic carbocycles. The Morgan fingerprint density at radius 2 is 2.17 bits per heavy atom. The number of amides is 2. The van der Waals surface area contributed by atoms with E-state index in [0.717, 1.165) is 38.3 Å². The van der Waals surface area contributed by atoms with Crippen LogP contribution in [0.4, 0.5) is 10.5 Å². The number of likely N-dealkylation sites (tertiary alicyclic amines) is 1. The number of carbonyl (C=O) groups is 1. The molecular formula is C17H23N5O. The Morgan fingerprint density at radius 3 is 2.91 bits per heavy atom. The molecule has 23 heavy (non-hydrogen) atoms. The summed E-state index contributed by atoms with van der Waals surface area (Å²) in [5, 5.41) is 10.0. The van der Waals surface area contributed by atoms with Crippen molar-refractivity contribution in [2.75, 3.05) is 18.4 Å². The van der Waals surface area contributed by atoms with Crippen LogP contribution in [0.25, 0.3) is 0 Å². The molecule has 1 aliphatic rings. The highest BCUT2D eigenvalue weighted by atomic mass is 16.2. The van der Waals surface area contributed by atoms with Crippen LogP contribution < -0.4 is 10.6 Å². The third-order valence-corrected chi connectivity index (χ3v) is 4.07. The molecule has 2 aromatic rings. The SMILES string of the molecule is CCn1cc(NC(=O)NC2CCN(Cc3ccccc3)C2)cn1. The second kappa shape index (κ2) is 7.28. The summed E-state index contributed by atoms with van der Waals surface area (Å²) in [4.78, 5) is 14.4. The number of rotatable bonds is 5. The van der Waals surface area contributed by atoms with Gasteiger partial charge in [-0.15, -0.1) is 0 Å². The molecule has 2 amide bonds. The second-order valence-electron chi connectivity index (χ2n) is 5.89. The summed E-state index contributed by atoms with van der Waals surface area (Å²) in [5.41, 5.74) is 2.04. The lowest BCUT2D eigenvalue weighted by Crippen LogP contribution is -2.39. The lowest BCUT2D eigenvalue weighted by molar-refractivity contribution is 0.247. The molecule has 1 saturated heterocycles. The summed E-state index contributed by atoms with van der Waals surface area (Å²) in [6, 6.07) is 10.5. The number of nitrogens with one attached hydrogen (secondary N) is 2. The van der Waals surface area contributed by atoms with Crippen molar-refractivity contribution in [2.24, 2.45) is 0 Å². The first-order valence-electron chi connectivity index (χ1n) is 8.09. The zero-order valence-electron chi connectivity index (χ0n) is 13.4. The van der Waals surface area contributed by atoms with Gasteiger partial charge in [0.05, 0.1) is 11.9 Å². The van der Waals surface area contributed by atoms with Gasteiger partial charge >= 0.3 is 6.03 Å². The van der Waals surface area contributed by atoms with Gasteiger partial charge in [0.15, 0.2) is 0 Å². The van der Waals surface area contributed by atoms with Crippen molar-refractivity contribution in [1.82, 2.24) is 20.0 Å². The molecule has 0 spiro atoms. The monoisotopic (exact) mass is 313 g/mol. The van der Waals surface area contributed by atoms with Gasteiger partial charge in [0.25, 0.3) is 0 Å². The summed E-state index contributed by atoms with van der Waals surface area (Å²) < 4.78 is 1.78. The predicted molar refractivity (Wildman–Crippen MR) is 90.2 cm³/mol. The van der Waals surface area contributed by atoms with E-state index in [1.54, 1.807) is 10.9 Å². The average Bonchev–Trinajstić information content (AvgIpc) is 3.18. The standard InChI is InChI=1S/C17H23N5O/c1-2-22-13-16(10-18-22)20-17(23)19-15-8-9-21(12-15)11-14-6-4-3-5-7-14/h3-7,10,13,15H,2,8-9,11-12H2,1H3,(H2,19,20,23). The number of hydrogen-bond donors (Lipinski definition) is 2. The van der Waals surface area contributed by atoms with Crippen molar-refractivity contribution in [3.63, 3.8) is 0 Å². The maximum Gasteiger partial charge on any atom is 0.319 e. The smallest absolute Gasteiger partial charge is 0.319 e. The van der Waals surface area contributed by atoms with Gasteiger partial charge in [0.2, 0.25) is 0 Å². The summed E-state index contributed by atoms with van der Waals surface area (Å²) in [5.74, 6) is 0. The van der Waals surface area contributed by atoms with Crippen molar-refractivity contribution < 1.29 is 4.79 Å². The quantitative estimate of drug-likeness (QED) is 0.890. The number of aryl methyl sites for hydroxylation is 1. The first-order chi connectivity index (χ1) is 11.2. The highest BCUT2D eigenvalue weighted by Crippen LogP contribution is 2.13. The second-order valence-corrected chi connectivity index (χ2v) is 5.89. The van der Waals surface area contributed by atoms with Gasteiger partial charge in [-0.25, -0.2) is 4.79 Å². The molecule has 1 aromatic carbocycles. The van der Waals surface area contributed by atoms with E-state index >= 15 is 0 Å². The Bertz CT molecular complexity index is 639. The molecule has 1 aliphatic heterocycles. The zero-order chi connectivity index (χ0) is 16.1. The van der Waals surface area contributed by atoms with E-state index in [0.29, 0.717) is 0 Å².